The van der Waals surface area contributed by atoms with Crippen LogP contribution in [0.15, 0.2) is 36.4 Å². The van der Waals surface area contributed by atoms with Crippen LogP contribution >= 0.6 is 34.2 Å². The third kappa shape index (κ3) is 2.33. The molecule has 20 heavy (non-hydrogen) atoms. The molecule has 0 saturated heterocycles. The summed E-state index contributed by atoms with van der Waals surface area (Å²) in [5.41, 5.74) is 5.78. The molecule has 0 bridgehead atoms. The number of halogens is 2. The van der Waals surface area contributed by atoms with Gasteiger partial charge < -0.3 is 0 Å². The number of nitrogens with zero attached hydrogens (tertiary/aromatic N) is 2. The van der Waals surface area contributed by atoms with Crippen LogP contribution in [0.1, 0.15) is 17.0 Å². The van der Waals surface area contributed by atoms with Gasteiger partial charge in [0.1, 0.15) is 5.82 Å². The first-order chi connectivity index (χ1) is 9.60. The Morgan fingerprint density at radius 3 is 2.60 bits per heavy atom. The largest absolute Gasteiger partial charge is 0.295 e. The van der Waals surface area contributed by atoms with Crippen molar-refractivity contribution in [2.75, 3.05) is 0 Å². The van der Waals surface area contributed by atoms with E-state index in [9.17, 15) is 0 Å². The maximum atomic E-state index is 6.08. The number of imidazole rings is 1. The van der Waals surface area contributed by atoms with Crippen molar-refractivity contribution in [1.29, 1.82) is 0 Å². The normalized spacial score (nSPS) is 11.2. The molecule has 0 amide bonds. The Morgan fingerprint density at radius 1 is 1.10 bits per heavy atom. The van der Waals surface area contributed by atoms with Gasteiger partial charge in [-0.1, -0.05) is 6.07 Å². The van der Waals surface area contributed by atoms with Gasteiger partial charge in [-0.05, 0) is 77.9 Å². The van der Waals surface area contributed by atoms with Crippen LogP contribution in [0.2, 0.25) is 0 Å². The van der Waals surface area contributed by atoms with Gasteiger partial charge in [-0.25, -0.2) is 4.98 Å². The van der Waals surface area contributed by atoms with Crippen molar-refractivity contribution in [3.8, 4) is 5.69 Å². The zero-order valence-electron chi connectivity index (χ0n) is 11.3. The summed E-state index contributed by atoms with van der Waals surface area (Å²) in [6, 6.07) is 12.7. The summed E-state index contributed by atoms with van der Waals surface area (Å²) in [6.07, 6.45) is 0. The lowest BCUT2D eigenvalue weighted by Crippen LogP contribution is -2.00. The Kier molecular flexibility index (Phi) is 3.73. The Balaban J connectivity index is 2.30. The van der Waals surface area contributed by atoms with Crippen molar-refractivity contribution >= 4 is 45.2 Å². The van der Waals surface area contributed by atoms with E-state index in [0.29, 0.717) is 5.88 Å². The summed E-state index contributed by atoms with van der Waals surface area (Å²) in [6.45, 7) is 4.25. The second-order valence-electron chi connectivity index (χ2n) is 4.90. The fourth-order valence-electron chi connectivity index (χ4n) is 2.35. The van der Waals surface area contributed by atoms with Crippen LogP contribution in [0.4, 0.5) is 0 Å². The molecule has 0 atom stereocenters. The van der Waals surface area contributed by atoms with Gasteiger partial charge in [0.25, 0.3) is 0 Å². The van der Waals surface area contributed by atoms with Crippen LogP contribution in [0, 0.1) is 17.4 Å². The van der Waals surface area contributed by atoms with Crippen LogP contribution in [0.25, 0.3) is 16.7 Å². The molecule has 3 aromatic rings. The van der Waals surface area contributed by atoms with Gasteiger partial charge in [0.2, 0.25) is 0 Å². The quantitative estimate of drug-likeness (QED) is 0.441. The number of aromatic nitrogens is 2. The van der Waals surface area contributed by atoms with Crippen LogP contribution in [-0.4, -0.2) is 9.55 Å². The minimum atomic E-state index is 0.401. The average molecular weight is 397 g/mol. The highest BCUT2D eigenvalue weighted by Crippen LogP contribution is 2.25. The third-order valence-electron chi connectivity index (χ3n) is 3.55. The molecule has 1 aromatic heterocycles. The molecule has 0 saturated carbocycles. The molecule has 4 heteroatoms. The lowest BCUT2D eigenvalue weighted by molar-refractivity contribution is 0.978. The first-order valence-electron chi connectivity index (χ1n) is 6.40. The second kappa shape index (κ2) is 5.37. The highest BCUT2D eigenvalue weighted by Gasteiger charge is 2.12. The van der Waals surface area contributed by atoms with Crippen molar-refractivity contribution in [2.45, 2.75) is 19.7 Å². The SMILES string of the molecule is Cc1ccc(-n2c(CCl)nc3cc(I)ccc32)cc1C. The zero-order valence-corrected chi connectivity index (χ0v) is 14.2. The van der Waals surface area contributed by atoms with Crippen molar-refractivity contribution in [2.24, 2.45) is 0 Å². The van der Waals surface area contributed by atoms with E-state index in [2.05, 4.69) is 82.4 Å². The molecule has 0 spiro atoms. The number of rotatable bonds is 2. The van der Waals surface area contributed by atoms with Gasteiger partial charge in [-0.15, -0.1) is 11.6 Å². The summed E-state index contributed by atoms with van der Waals surface area (Å²) >= 11 is 8.38. The molecular formula is C16H14ClIN2. The van der Waals surface area contributed by atoms with Crippen LogP contribution in [0.5, 0.6) is 0 Å². The Bertz CT molecular complexity index is 793. The summed E-state index contributed by atoms with van der Waals surface area (Å²) in [5.74, 6) is 1.28. The number of hydrogen-bond donors (Lipinski definition) is 0. The van der Waals surface area contributed by atoms with E-state index in [-0.39, 0.29) is 0 Å². The van der Waals surface area contributed by atoms with Crippen molar-refractivity contribution in [3.63, 3.8) is 0 Å². The molecule has 102 valence electrons. The van der Waals surface area contributed by atoms with E-state index in [0.717, 1.165) is 22.5 Å². The zero-order chi connectivity index (χ0) is 14.3. The van der Waals surface area contributed by atoms with E-state index < -0.39 is 0 Å². The Morgan fingerprint density at radius 2 is 1.90 bits per heavy atom. The molecule has 0 aliphatic rings. The smallest absolute Gasteiger partial charge is 0.129 e. The van der Waals surface area contributed by atoms with Crippen molar-refractivity contribution < 1.29 is 0 Å². The van der Waals surface area contributed by atoms with Gasteiger partial charge in [-0.2, -0.15) is 0 Å². The first-order valence-corrected chi connectivity index (χ1v) is 8.02. The standard InChI is InChI=1S/C16H14ClIN2/c1-10-3-5-13(7-11(10)2)20-15-6-4-12(18)8-14(15)19-16(20)9-17/h3-8H,9H2,1-2H3. The summed E-state index contributed by atoms with van der Waals surface area (Å²) < 4.78 is 3.33. The van der Waals surface area contributed by atoms with Gasteiger partial charge in [0.05, 0.1) is 16.9 Å². The summed E-state index contributed by atoms with van der Waals surface area (Å²) in [5, 5.41) is 0. The minimum Gasteiger partial charge on any atom is -0.295 e. The molecule has 0 fully saturated rings. The number of hydrogen-bond acceptors (Lipinski definition) is 1. The maximum absolute atomic E-state index is 6.08. The molecule has 0 radical (unpaired) electrons. The fourth-order valence-corrected chi connectivity index (χ4v) is 3.00. The second-order valence-corrected chi connectivity index (χ2v) is 6.41. The number of aryl methyl sites for hydroxylation is 2. The summed E-state index contributed by atoms with van der Waals surface area (Å²) in [4.78, 5) is 4.65. The third-order valence-corrected chi connectivity index (χ3v) is 4.46. The van der Waals surface area contributed by atoms with E-state index in [1.165, 1.54) is 14.7 Å². The van der Waals surface area contributed by atoms with Gasteiger partial charge in [-0.3, -0.25) is 4.57 Å². The van der Waals surface area contributed by atoms with E-state index in [1.54, 1.807) is 0 Å². The molecule has 0 unspecified atom stereocenters. The predicted molar refractivity (Wildman–Crippen MR) is 92.8 cm³/mol. The molecule has 2 aromatic carbocycles. The predicted octanol–water partition coefficient (Wildman–Crippen LogP) is 4.99. The highest BCUT2D eigenvalue weighted by atomic mass is 127. The Labute approximate surface area is 136 Å². The molecule has 3 rings (SSSR count). The van der Waals surface area contributed by atoms with E-state index >= 15 is 0 Å². The van der Waals surface area contributed by atoms with Crippen molar-refractivity contribution in [1.82, 2.24) is 9.55 Å². The average Bonchev–Trinajstić information content (AvgIpc) is 2.79. The lowest BCUT2D eigenvalue weighted by Gasteiger charge is -2.10. The lowest BCUT2D eigenvalue weighted by atomic mass is 10.1. The topological polar surface area (TPSA) is 17.8 Å². The Hall–Kier alpha value is -1.07. The molecular weight excluding hydrogens is 383 g/mol. The van der Waals surface area contributed by atoms with Gasteiger partial charge in [0, 0.05) is 9.26 Å². The summed E-state index contributed by atoms with van der Waals surface area (Å²) in [7, 11) is 0. The van der Waals surface area contributed by atoms with Crippen LogP contribution in [0.3, 0.4) is 0 Å². The molecule has 0 N–H and O–H groups in total. The minimum absolute atomic E-state index is 0.401. The number of fused-ring (bicyclic) bond motifs is 1. The number of alkyl halides is 1. The van der Waals surface area contributed by atoms with Crippen LogP contribution < -0.4 is 0 Å². The molecule has 2 nitrogen and oxygen atoms in total. The van der Waals surface area contributed by atoms with Gasteiger partial charge in [0.15, 0.2) is 0 Å². The van der Waals surface area contributed by atoms with Crippen LogP contribution in [-0.2, 0) is 5.88 Å². The molecule has 0 aliphatic heterocycles. The molecule has 1 heterocycles. The highest BCUT2D eigenvalue weighted by molar-refractivity contribution is 14.1. The van der Waals surface area contributed by atoms with E-state index in [1.807, 2.05) is 0 Å². The number of benzene rings is 2. The fraction of sp³-hybridized carbons (Fsp3) is 0.188. The van der Waals surface area contributed by atoms with Crippen molar-refractivity contribution in [3.05, 3.63) is 56.9 Å². The maximum Gasteiger partial charge on any atom is 0.129 e. The molecule has 0 aliphatic carbocycles. The monoisotopic (exact) mass is 396 g/mol. The van der Waals surface area contributed by atoms with E-state index in [4.69, 9.17) is 11.6 Å². The first kappa shape index (κ1) is 13.9. The van der Waals surface area contributed by atoms with Gasteiger partial charge >= 0.3 is 0 Å².